The van der Waals surface area contributed by atoms with E-state index in [1.807, 2.05) is 26.0 Å². The van der Waals surface area contributed by atoms with E-state index in [0.29, 0.717) is 18.3 Å². The maximum absolute atomic E-state index is 9.38. The van der Waals surface area contributed by atoms with E-state index in [1.54, 1.807) is 30.6 Å². The molecule has 0 saturated heterocycles. The van der Waals surface area contributed by atoms with Crippen LogP contribution in [0.1, 0.15) is 17.5 Å². The van der Waals surface area contributed by atoms with Gasteiger partial charge in [0.25, 0.3) is 0 Å². The Bertz CT molecular complexity index is 726. The lowest BCUT2D eigenvalue weighted by Gasteiger charge is -2.06. The van der Waals surface area contributed by atoms with E-state index >= 15 is 0 Å². The SMILES string of the molecule is COCCNC(=S)N/N=C(\C)c1sc(-c2ccc(O)cc2)nc1C. The number of nitrogens with one attached hydrogen (secondary N) is 2. The van der Waals surface area contributed by atoms with Crippen LogP contribution < -0.4 is 10.7 Å². The van der Waals surface area contributed by atoms with Crippen LogP contribution in [0, 0.1) is 6.92 Å². The van der Waals surface area contributed by atoms with E-state index < -0.39 is 0 Å². The number of aromatic nitrogens is 1. The number of methoxy groups -OCH3 is 1. The number of aromatic hydroxyl groups is 1. The lowest BCUT2D eigenvalue weighted by Crippen LogP contribution is -2.34. The molecule has 0 saturated carbocycles. The quantitative estimate of drug-likeness (QED) is 0.317. The van der Waals surface area contributed by atoms with E-state index in [9.17, 15) is 5.11 Å². The minimum atomic E-state index is 0.240. The van der Waals surface area contributed by atoms with Crippen LogP contribution in [0.4, 0.5) is 0 Å². The van der Waals surface area contributed by atoms with Gasteiger partial charge in [0.15, 0.2) is 5.11 Å². The van der Waals surface area contributed by atoms with E-state index in [0.717, 1.165) is 26.9 Å². The Labute approximate surface area is 150 Å². The molecule has 24 heavy (non-hydrogen) atoms. The minimum Gasteiger partial charge on any atom is -0.508 e. The molecule has 0 unspecified atom stereocenters. The number of rotatable bonds is 6. The summed E-state index contributed by atoms with van der Waals surface area (Å²) in [5.41, 5.74) is 5.50. The highest BCUT2D eigenvalue weighted by atomic mass is 32.1. The summed E-state index contributed by atoms with van der Waals surface area (Å²) in [6.07, 6.45) is 0. The molecule has 0 aliphatic rings. The topological polar surface area (TPSA) is 78.8 Å². The number of phenols is 1. The van der Waals surface area contributed by atoms with Crippen molar-refractivity contribution >= 4 is 34.4 Å². The number of ether oxygens (including phenoxy) is 1. The zero-order valence-electron chi connectivity index (χ0n) is 13.8. The second kappa shape index (κ2) is 8.72. The van der Waals surface area contributed by atoms with Gasteiger partial charge in [0.05, 0.1) is 22.9 Å². The maximum Gasteiger partial charge on any atom is 0.187 e. The summed E-state index contributed by atoms with van der Waals surface area (Å²) in [6.45, 7) is 5.06. The molecule has 3 N–H and O–H groups in total. The average molecular weight is 364 g/mol. The van der Waals surface area contributed by atoms with Gasteiger partial charge in [-0.15, -0.1) is 11.3 Å². The van der Waals surface area contributed by atoms with Gasteiger partial charge in [-0.05, 0) is 50.3 Å². The molecule has 1 aromatic carbocycles. The molecule has 0 amide bonds. The number of benzene rings is 1. The molecule has 0 radical (unpaired) electrons. The van der Waals surface area contributed by atoms with Gasteiger partial charge in [0.1, 0.15) is 10.8 Å². The Morgan fingerprint density at radius 2 is 2.08 bits per heavy atom. The summed E-state index contributed by atoms with van der Waals surface area (Å²) in [5, 5.41) is 18.0. The Balaban J connectivity index is 2.07. The van der Waals surface area contributed by atoms with Gasteiger partial charge in [0, 0.05) is 19.2 Å². The van der Waals surface area contributed by atoms with Crippen LogP contribution in [0.25, 0.3) is 10.6 Å². The first-order chi connectivity index (χ1) is 11.5. The summed E-state index contributed by atoms with van der Waals surface area (Å²) in [4.78, 5) is 5.57. The Kier molecular flexibility index (Phi) is 6.65. The summed E-state index contributed by atoms with van der Waals surface area (Å²) < 4.78 is 4.95. The lowest BCUT2D eigenvalue weighted by atomic mass is 10.2. The predicted molar refractivity (Wildman–Crippen MR) is 102 cm³/mol. The molecule has 0 atom stereocenters. The third kappa shape index (κ3) is 4.98. The minimum absolute atomic E-state index is 0.240. The van der Waals surface area contributed by atoms with Gasteiger partial charge < -0.3 is 15.2 Å². The van der Waals surface area contributed by atoms with Crippen LogP contribution in [0.2, 0.25) is 0 Å². The van der Waals surface area contributed by atoms with Crippen LogP contribution in [0.3, 0.4) is 0 Å². The van der Waals surface area contributed by atoms with Gasteiger partial charge in [-0.1, -0.05) is 0 Å². The third-order valence-electron chi connectivity index (χ3n) is 3.16. The van der Waals surface area contributed by atoms with Crippen LogP contribution in [-0.4, -0.2) is 41.2 Å². The van der Waals surface area contributed by atoms with Gasteiger partial charge in [-0.2, -0.15) is 5.10 Å². The second-order valence-corrected chi connectivity index (χ2v) is 6.45. The number of phenolic OH excluding ortho intramolecular Hbond substituents is 1. The van der Waals surface area contributed by atoms with Crippen molar-refractivity contribution in [3.63, 3.8) is 0 Å². The highest BCUT2D eigenvalue weighted by molar-refractivity contribution is 7.80. The predicted octanol–water partition coefficient (Wildman–Crippen LogP) is 2.66. The fourth-order valence-electron chi connectivity index (χ4n) is 1.95. The van der Waals surface area contributed by atoms with E-state index in [4.69, 9.17) is 17.0 Å². The first-order valence-electron chi connectivity index (χ1n) is 7.35. The molecule has 8 heteroatoms. The van der Waals surface area contributed by atoms with Crippen molar-refractivity contribution < 1.29 is 9.84 Å². The maximum atomic E-state index is 9.38. The number of nitrogens with zero attached hydrogens (tertiary/aromatic N) is 2. The molecule has 0 spiro atoms. The summed E-state index contributed by atoms with van der Waals surface area (Å²) in [5.74, 6) is 0.240. The zero-order valence-corrected chi connectivity index (χ0v) is 15.4. The molecule has 0 aliphatic heterocycles. The largest absolute Gasteiger partial charge is 0.508 e. The van der Waals surface area contributed by atoms with Crippen LogP contribution in [-0.2, 0) is 4.74 Å². The average Bonchev–Trinajstić information content (AvgIpc) is 2.95. The van der Waals surface area contributed by atoms with E-state index in [1.165, 1.54) is 0 Å². The van der Waals surface area contributed by atoms with Crippen molar-refractivity contribution in [1.29, 1.82) is 0 Å². The van der Waals surface area contributed by atoms with Crippen molar-refractivity contribution in [3.8, 4) is 16.3 Å². The van der Waals surface area contributed by atoms with Crippen molar-refractivity contribution in [3.05, 3.63) is 34.8 Å². The van der Waals surface area contributed by atoms with Crippen LogP contribution >= 0.6 is 23.6 Å². The number of thiocarbonyl (C=S) groups is 1. The van der Waals surface area contributed by atoms with Crippen molar-refractivity contribution in [2.24, 2.45) is 5.10 Å². The van der Waals surface area contributed by atoms with Crippen molar-refractivity contribution in [1.82, 2.24) is 15.7 Å². The molecular weight excluding hydrogens is 344 g/mol. The van der Waals surface area contributed by atoms with Gasteiger partial charge in [-0.25, -0.2) is 4.98 Å². The van der Waals surface area contributed by atoms with E-state index in [-0.39, 0.29) is 5.75 Å². The monoisotopic (exact) mass is 364 g/mol. The summed E-state index contributed by atoms with van der Waals surface area (Å²) >= 11 is 6.69. The molecule has 2 rings (SSSR count). The Morgan fingerprint density at radius 3 is 2.75 bits per heavy atom. The molecular formula is C16H20N4O2S2. The molecule has 1 heterocycles. The third-order valence-corrected chi connectivity index (χ3v) is 4.71. The van der Waals surface area contributed by atoms with Gasteiger partial charge in [0.2, 0.25) is 0 Å². The van der Waals surface area contributed by atoms with E-state index in [2.05, 4.69) is 20.8 Å². The molecule has 1 aromatic heterocycles. The fraction of sp³-hybridized carbons (Fsp3) is 0.312. The number of hydrogen-bond acceptors (Lipinski definition) is 6. The zero-order chi connectivity index (χ0) is 17.5. The number of aryl methyl sites for hydroxylation is 1. The first kappa shape index (κ1) is 18.3. The normalized spacial score (nSPS) is 11.4. The Morgan fingerprint density at radius 1 is 1.38 bits per heavy atom. The Hall–Kier alpha value is -2.03. The number of thiazole rings is 1. The van der Waals surface area contributed by atoms with Gasteiger partial charge >= 0.3 is 0 Å². The number of hydrogen-bond donors (Lipinski definition) is 3. The smallest absolute Gasteiger partial charge is 0.187 e. The molecule has 0 bridgehead atoms. The molecule has 2 aromatic rings. The molecule has 128 valence electrons. The molecule has 6 nitrogen and oxygen atoms in total. The van der Waals surface area contributed by atoms with Crippen LogP contribution in [0.15, 0.2) is 29.4 Å². The number of hydrazone groups is 1. The van der Waals surface area contributed by atoms with Crippen molar-refractivity contribution in [2.75, 3.05) is 20.3 Å². The second-order valence-electron chi connectivity index (χ2n) is 5.04. The molecule has 0 fully saturated rings. The fourth-order valence-corrected chi connectivity index (χ4v) is 3.12. The molecule has 0 aliphatic carbocycles. The van der Waals surface area contributed by atoms with Crippen molar-refractivity contribution in [2.45, 2.75) is 13.8 Å². The van der Waals surface area contributed by atoms with Crippen LogP contribution in [0.5, 0.6) is 5.75 Å². The highest BCUT2D eigenvalue weighted by Crippen LogP contribution is 2.29. The first-order valence-corrected chi connectivity index (χ1v) is 8.58. The van der Waals surface area contributed by atoms with Gasteiger partial charge in [-0.3, -0.25) is 5.43 Å². The summed E-state index contributed by atoms with van der Waals surface area (Å²) in [7, 11) is 1.64. The highest BCUT2D eigenvalue weighted by Gasteiger charge is 2.12. The summed E-state index contributed by atoms with van der Waals surface area (Å²) in [6, 6.07) is 6.99. The lowest BCUT2D eigenvalue weighted by molar-refractivity contribution is 0.204. The standard InChI is InChI=1S/C16H20N4O2S2/c1-10-14(11(2)19-20-16(23)17-8-9-22-3)24-15(18-10)12-4-6-13(21)7-5-12/h4-7,21H,8-9H2,1-3H3,(H2,17,20,23)/b19-11+.